The molecule has 21 heavy (non-hydrogen) atoms. The maximum Gasteiger partial charge on any atom is 0.145 e. The molecule has 2 rings (SSSR count). The van der Waals surface area contributed by atoms with Gasteiger partial charge in [0.25, 0.3) is 0 Å². The Bertz CT molecular complexity index is 572. The summed E-state index contributed by atoms with van der Waals surface area (Å²) in [4.78, 5) is 4.68. The summed E-state index contributed by atoms with van der Waals surface area (Å²) in [6.07, 6.45) is 1.93. The Morgan fingerprint density at radius 1 is 1.29 bits per heavy atom. The number of nitrogens with zero attached hydrogens (tertiary/aromatic N) is 1. The molecule has 0 saturated carbocycles. The van der Waals surface area contributed by atoms with Gasteiger partial charge in [0, 0.05) is 18.5 Å². The molecule has 2 N–H and O–H groups in total. The topological polar surface area (TPSA) is 54.4 Å². The zero-order chi connectivity index (χ0) is 15.1. The van der Waals surface area contributed by atoms with Crippen LogP contribution in [0.2, 0.25) is 0 Å². The van der Waals surface area contributed by atoms with Gasteiger partial charge in [-0.05, 0) is 31.0 Å². The summed E-state index contributed by atoms with van der Waals surface area (Å²) in [5.74, 6) is 1.33. The third-order valence-corrected chi connectivity index (χ3v) is 3.81. The van der Waals surface area contributed by atoms with Crippen molar-refractivity contribution in [1.82, 2.24) is 10.3 Å². The molecule has 0 bridgehead atoms. The van der Waals surface area contributed by atoms with Crippen molar-refractivity contribution >= 4 is 10.9 Å². The van der Waals surface area contributed by atoms with Crippen LogP contribution >= 0.6 is 0 Å². The number of methoxy groups -OCH3 is 1. The van der Waals surface area contributed by atoms with Crippen molar-refractivity contribution in [3.05, 3.63) is 36.0 Å². The van der Waals surface area contributed by atoms with E-state index in [1.807, 2.05) is 24.3 Å². The number of aliphatic hydroxyl groups excluding tert-OH is 1. The number of pyridine rings is 1. The molecule has 1 aromatic carbocycles. The highest BCUT2D eigenvalue weighted by Gasteiger charge is 2.07. The smallest absolute Gasteiger partial charge is 0.145 e. The Balaban J connectivity index is 2.02. The van der Waals surface area contributed by atoms with Crippen molar-refractivity contribution in [3.63, 3.8) is 0 Å². The number of hydrogen-bond acceptors (Lipinski definition) is 4. The second kappa shape index (κ2) is 7.96. The van der Waals surface area contributed by atoms with E-state index in [4.69, 9.17) is 9.84 Å². The number of aliphatic hydroxyl groups is 1. The first-order valence-corrected chi connectivity index (χ1v) is 7.52. The highest BCUT2D eigenvalue weighted by atomic mass is 16.5. The van der Waals surface area contributed by atoms with E-state index in [9.17, 15) is 0 Å². The molecule has 1 aromatic heterocycles. The minimum atomic E-state index is 0.256. The molecule has 0 aliphatic carbocycles. The first-order valence-electron chi connectivity index (χ1n) is 7.52. The Morgan fingerprint density at radius 3 is 2.86 bits per heavy atom. The molecule has 1 heterocycles. The van der Waals surface area contributed by atoms with Gasteiger partial charge in [0.05, 0.1) is 12.8 Å². The lowest BCUT2D eigenvalue weighted by Crippen LogP contribution is -2.23. The summed E-state index contributed by atoms with van der Waals surface area (Å²) in [6, 6.07) is 10.1. The molecule has 0 aliphatic rings. The van der Waals surface area contributed by atoms with E-state index in [0.717, 1.165) is 48.3 Å². The number of nitrogens with one attached hydrogen (secondary N) is 1. The normalized spacial score (nSPS) is 12.5. The number of rotatable bonds is 8. The summed E-state index contributed by atoms with van der Waals surface area (Å²) in [5, 5.41) is 13.5. The van der Waals surface area contributed by atoms with E-state index in [2.05, 4.69) is 23.3 Å². The van der Waals surface area contributed by atoms with Crippen LogP contribution in [-0.4, -0.2) is 30.4 Å². The maximum atomic E-state index is 9.01. The molecule has 4 heteroatoms. The zero-order valence-corrected chi connectivity index (χ0v) is 12.8. The molecule has 0 aliphatic heterocycles. The van der Waals surface area contributed by atoms with Gasteiger partial charge in [0.2, 0.25) is 0 Å². The van der Waals surface area contributed by atoms with Crippen LogP contribution in [0, 0.1) is 5.92 Å². The highest BCUT2D eigenvalue weighted by Crippen LogP contribution is 2.23. The lowest BCUT2D eigenvalue weighted by molar-refractivity contribution is 0.251. The van der Waals surface area contributed by atoms with Crippen molar-refractivity contribution in [1.29, 1.82) is 0 Å². The first kappa shape index (κ1) is 15.7. The average molecular weight is 288 g/mol. The predicted octanol–water partition coefficient (Wildman–Crippen LogP) is 2.74. The lowest BCUT2D eigenvalue weighted by Gasteiger charge is -2.14. The number of para-hydroxylation sites is 1. The van der Waals surface area contributed by atoms with Crippen LogP contribution < -0.4 is 10.1 Å². The third kappa shape index (κ3) is 4.16. The fraction of sp³-hybridized carbons (Fsp3) is 0.471. The minimum absolute atomic E-state index is 0.256. The Hall–Kier alpha value is -1.65. The van der Waals surface area contributed by atoms with Crippen molar-refractivity contribution in [3.8, 4) is 5.75 Å². The van der Waals surface area contributed by atoms with Crippen LogP contribution in [0.1, 0.15) is 25.5 Å². The highest BCUT2D eigenvalue weighted by molar-refractivity contribution is 5.84. The van der Waals surface area contributed by atoms with Crippen LogP contribution in [0.25, 0.3) is 10.9 Å². The van der Waals surface area contributed by atoms with Gasteiger partial charge in [0.1, 0.15) is 11.3 Å². The molecule has 0 saturated heterocycles. The van der Waals surface area contributed by atoms with E-state index >= 15 is 0 Å². The molecular formula is C17H24N2O2. The van der Waals surface area contributed by atoms with E-state index < -0.39 is 0 Å². The quantitative estimate of drug-likeness (QED) is 0.784. The summed E-state index contributed by atoms with van der Waals surface area (Å²) in [6.45, 7) is 4.05. The van der Waals surface area contributed by atoms with Gasteiger partial charge in [-0.2, -0.15) is 0 Å². The lowest BCUT2D eigenvalue weighted by atomic mass is 10.0. The molecule has 0 amide bonds. The van der Waals surface area contributed by atoms with Crippen molar-refractivity contribution in [2.45, 2.75) is 26.3 Å². The van der Waals surface area contributed by atoms with Crippen molar-refractivity contribution in [2.24, 2.45) is 5.92 Å². The largest absolute Gasteiger partial charge is 0.494 e. The number of fused-ring (bicyclic) bond motifs is 1. The number of benzene rings is 1. The van der Waals surface area contributed by atoms with Crippen LogP contribution in [-0.2, 0) is 6.54 Å². The fourth-order valence-corrected chi connectivity index (χ4v) is 2.46. The van der Waals surface area contributed by atoms with E-state index in [1.54, 1.807) is 7.11 Å². The molecule has 1 atom stereocenters. The minimum Gasteiger partial charge on any atom is -0.494 e. The summed E-state index contributed by atoms with van der Waals surface area (Å²) < 4.78 is 5.36. The van der Waals surface area contributed by atoms with Crippen LogP contribution in [0.15, 0.2) is 30.3 Å². The maximum absolute atomic E-state index is 9.01. The van der Waals surface area contributed by atoms with Crippen LogP contribution in [0.5, 0.6) is 5.75 Å². The fourth-order valence-electron chi connectivity index (χ4n) is 2.46. The van der Waals surface area contributed by atoms with Gasteiger partial charge in [-0.15, -0.1) is 0 Å². The Morgan fingerprint density at radius 2 is 2.14 bits per heavy atom. The molecule has 2 aromatic rings. The Labute approximate surface area is 126 Å². The number of hydrogen-bond donors (Lipinski definition) is 2. The standard InChI is InChI=1S/C17H24N2O2/c1-3-13(9-10-20)11-18-12-15-8-7-14-5-4-6-16(21-2)17(14)19-15/h4-8,13,18,20H,3,9-12H2,1-2H3. The predicted molar refractivity (Wildman–Crippen MR) is 85.5 cm³/mol. The summed E-state index contributed by atoms with van der Waals surface area (Å²) in [5.41, 5.74) is 1.91. The molecule has 114 valence electrons. The van der Waals surface area contributed by atoms with Gasteiger partial charge >= 0.3 is 0 Å². The molecule has 4 nitrogen and oxygen atoms in total. The van der Waals surface area contributed by atoms with Gasteiger partial charge < -0.3 is 15.2 Å². The molecular weight excluding hydrogens is 264 g/mol. The van der Waals surface area contributed by atoms with Crippen molar-refractivity contribution < 1.29 is 9.84 Å². The van der Waals surface area contributed by atoms with Crippen LogP contribution in [0.3, 0.4) is 0 Å². The molecule has 0 radical (unpaired) electrons. The molecule has 0 spiro atoms. The number of ether oxygens (including phenoxy) is 1. The van der Waals surface area contributed by atoms with Gasteiger partial charge in [-0.3, -0.25) is 0 Å². The number of aromatic nitrogens is 1. The molecule has 0 fully saturated rings. The van der Waals surface area contributed by atoms with Gasteiger partial charge in [0.15, 0.2) is 0 Å². The monoisotopic (exact) mass is 288 g/mol. The Kier molecular flexibility index (Phi) is 5.96. The van der Waals surface area contributed by atoms with Gasteiger partial charge in [-0.1, -0.05) is 31.5 Å². The summed E-state index contributed by atoms with van der Waals surface area (Å²) >= 11 is 0. The van der Waals surface area contributed by atoms with E-state index in [1.165, 1.54) is 0 Å². The SMILES string of the molecule is CCC(CCO)CNCc1ccc2cccc(OC)c2n1. The van der Waals surface area contributed by atoms with Gasteiger partial charge in [-0.25, -0.2) is 4.98 Å². The zero-order valence-electron chi connectivity index (χ0n) is 12.8. The summed E-state index contributed by atoms with van der Waals surface area (Å²) in [7, 11) is 1.67. The average Bonchev–Trinajstić information content (AvgIpc) is 2.53. The van der Waals surface area contributed by atoms with E-state index in [-0.39, 0.29) is 6.61 Å². The second-order valence-electron chi connectivity index (χ2n) is 5.25. The van der Waals surface area contributed by atoms with E-state index in [0.29, 0.717) is 5.92 Å². The first-order chi connectivity index (χ1) is 10.3. The second-order valence-corrected chi connectivity index (χ2v) is 5.25. The third-order valence-electron chi connectivity index (χ3n) is 3.81. The molecule has 1 unspecified atom stereocenters. The van der Waals surface area contributed by atoms with Crippen LogP contribution in [0.4, 0.5) is 0 Å². The van der Waals surface area contributed by atoms with Crippen molar-refractivity contribution in [2.75, 3.05) is 20.3 Å².